The first kappa shape index (κ1) is 14.4. The van der Waals surface area contributed by atoms with Gasteiger partial charge in [0.25, 0.3) is 0 Å². The van der Waals surface area contributed by atoms with Crippen molar-refractivity contribution in [3.8, 4) is 0 Å². The van der Waals surface area contributed by atoms with E-state index in [-0.39, 0.29) is 5.82 Å². The van der Waals surface area contributed by atoms with Crippen LogP contribution in [0.3, 0.4) is 0 Å². The van der Waals surface area contributed by atoms with Gasteiger partial charge in [-0.2, -0.15) is 0 Å². The predicted molar refractivity (Wildman–Crippen MR) is 75.3 cm³/mol. The smallest absolute Gasteiger partial charge is 0.141 e. The first-order valence-corrected chi connectivity index (χ1v) is 7.18. The zero-order chi connectivity index (χ0) is 13.7. The molecule has 0 aromatic carbocycles. The van der Waals surface area contributed by atoms with Gasteiger partial charge in [0.2, 0.25) is 0 Å². The highest BCUT2D eigenvalue weighted by Gasteiger charge is 2.18. The summed E-state index contributed by atoms with van der Waals surface area (Å²) >= 11 is 0. The average molecular weight is 265 g/mol. The molecule has 0 amide bonds. The summed E-state index contributed by atoms with van der Waals surface area (Å²) in [5.41, 5.74) is 0.957. The molecule has 0 saturated carbocycles. The van der Waals surface area contributed by atoms with Gasteiger partial charge < -0.3 is 5.32 Å². The number of pyridine rings is 1. The van der Waals surface area contributed by atoms with E-state index in [9.17, 15) is 4.39 Å². The highest BCUT2D eigenvalue weighted by Crippen LogP contribution is 2.12. The minimum atomic E-state index is -0.249. The quantitative estimate of drug-likeness (QED) is 0.856. The summed E-state index contributed by atoms with van der Waals surface area (Å²) < 4.78 is 13.2. The van der Waals surface area contributed by atoms with Crippen molar-refractivity contribution >= 4 is 0 Å². The fourth-order valence-corrected chi connectivity index (χ4v) is 2.74. The van der Waals surface area contributed by atoms with E-state index in [2.05, 4.69) is 29.0 Å². The third kappa shape index (κ3) is 4.88. The summed E-state index contributed by atoms with van der Waals surface area (Å²) in [7, 11) is 0. The summed E-state index contributed by atoms with van der Waals surface area (Å²) in [6.45, 7) is 8.42. The van der Waals surface area contributed by atoms with Crippen LogP contribution in [0.2, 0.25) is 0 Å². The van der Waals surface area contributed by atoms with Gasteiger partial charge in [0.1, 0.15) is 5.82 Å². The van der Waals surface area contributed by atoms with Crippen molar-refractivity contribution in [2.75, 3.05) is 19.6 Å². The van der Waals surface area contributed by atoms with Crippen molar-refractivity contribution in [2.24, 2.45) is 5.92 Å². The molecule has 1 aliphatic rings. The second-order valence-electron chi connectivity index (χ2n) is 5.89. The maximum atomic E-state index is 13.2. The largest absolute Gasteiger partial charge is 0.313 e. The first-order valence-electron chi connectivity index (χ1n) is 7.18. The van der Waals surface area contributed by atoms with Crippen LogP contribution >= 0.6 is 0 Å². The average Bonchev–Trinajstić information content (AvgIpc) is 2.80. The van der Waals surface area contributed by atoms with Crippen molar-refractivity contribution in [1.29, 1.82) is 0 Å². The minimum absolute atomic E-state index is 0.249. The Morgan fingerprint density at radius 3 is 2.95 bits per heavy atom. The Labute approximate surface area is 115 Å². The molecule has 0 spiro atoms. The van der Waals surface area contributed by atoms with Gasteiger partial charge in [-0.25, -0.2) is 4.39 Å². The molecule has 1 aromatic heterocycles. The van der Waals surface area contributed by atoms with Crippen molar-refractivity contribution in [3.05, 3.63) is 29.8 Å². The van der Waals surface area contributed by atoms with Gasteiger partial charge >= 0.3 is 0 Å². The first-order chi connectivity index (χ1) is 9.13. The molecular formula is C15H24FN3. The Kier molecular flexibility index (Phi) is 5.28. The lowest BCUT2D eigenvalue weighted by Gasteiger charge is -2.27. The van der Waals surface area contributed by atoms with Gasteiger partial charge in [-0.1, -0.05) is 13.8 Å². The fraction of sp³-hybridized carbons (Fsp3) is 0.667. The van der Waals surface area contributed by atoms with Gasteiger partial charge in [-0.05, 0) is 36.9 Å². The van der Waals surface area contributed by atoms with Crippen LogP contribution in [0.25, 0.3) is 0 Å². The molecule has 0 aliphatic carbocycles. The highest BCUT2D eigenvalue weighted by molar-refractivity contribution is 5.10. The Bertz CT molecular complexity index is 389. The maximum Gasteiger partial charge on any atom is 0.141 e. The van der Waals surface area contributed by atoms with Crippen LogP contribution in [-0.2, 0) is 6.54 Å². The monoisotopic (exact) mass is 265 g/mol. The van der Waals surface area contributed by atoms with E-state index >= 15 is 0 Å². The summed E-state index contributed by atoms with van der Waals surface area (Å²) in [5.74, 6) is 0.365. The maximum absolute atomic E-state index is 13.2. The molecule has 1 aliphatic heterocycles. The number of rotatable bonds is 6. The van der Waals surface area contributed by atoms with Crippen LogP contribution in [0.5, 0.6) is 0 Å². The third-order valence-electron chi connectivity index (χ3n) is 3.43. The molecule has 19 heavy (non-hydrogen) atoms. The summed E-state index contributed by atoms with van der Waals surface area (Å²) in [6.07, 6.45) is 5.53. The molecule has 106 valence electrons. The van der Waals surface area contributed by atoms with Crippen molar-refractivity contribution < 1.29 is 4.39 Å². The van der Waals surface area contributed by atoms with Crippen LogP contribution in [0, 0.1) is 11.7 Å². The SMILES string of the molecule is CC(C)CN(Cc1cncc(F)c1)CC1CCCN1. The normalized spacial score (nSPS) is 19.5. The molecule has 0 bridgehead atoms. The van der Waals surface area contributed by atoms with Crippen LogP contribution in [-0.4, -0.2) is 35.6 Å². The number of halogens is 1. The van der Waals surface area contributed by atoms with E-state index in [1.165, 1.54) is 19.0 Å². The molecule has 3 nitrogen and oxygen atoms in total. The van der Waals surface area contributed by atoms with Crippen LogP contribution < -0.4 is 5.32 Å². The van der Waals surface area contributed by atoms with E-state index < -0.39 is 0 Å². The molecule has 2 heterocycles. The Morgan fingerprint density at radius 2 is 2.32 bits per heavy atom. The third-order valence-corrected chi connectivity index (χ3v) is 3.43. The number of hydrogen-bond acceptors (Lipinski definition) is 3. The standard InChI is InChI=1S/C15H24FN3/c1-12(2)9-19(11-15-4-3-5-18-15)10-13-6-14(16)8-17-7-13/h6-8,12,15,18H,3-5,9-11H2,1-2H3. The Hall–Kier alpha value is -1.00. The van der Waals surface area contributed by atoms with E-state index in [1.54, 1.807) is 12.3 Å². The molecule has 1 unspecified atom stereocenters. The lowest BCUT2D eigenvalue weighted by atomic mass is 10.1. The summed E-state index contributed by atoms with van der Waals surface area (Å²) in [6, 6.07) is 2.17. The number of aromatic nitrogens is 1. The number of hydrogen-bond donors (Lipinski definition) is 1. The second-order valence-corrected chi connectivity index (χ2v) is 5.89. The van der Waals surface area contributed by atoms with Crippen molar-refractivity contribution in [2.45, 2.75) is 39.3 Å². The second kappa shape index (κ2) is 6.96. The molecule has 1 atom stereocenters. The van der Waals surface area contributed by atoms with Crippen LogP contribution in [0.4, 0.5) is 4.39 Å². The Morgan fingerprint density at radius 1 is 1.47 bits per heavy atom. The van der Waals surface area contributed by atoms with E-state index in [0.29, 0.717) is 12.0 Å². The zero-order valence-corrected chi connectivity index (χ0v) is 11.9. The number of nitrogens with one attached hydrogen (secondary N) is 1. The van der Waals surface area contributed by atoms with E-state index in [1.807, 2.05) is 0 Å². The van der Waals surface area contributed by atoms with E-state index in [4.69, 9.17) is 0 Å². The molecule has 1 N–H and O–H groups in total. The lowest BCUT2D eigenvalue weighted by Crippen LogP contribution is -2.39. The summed E-state index contributed by atoms with van der Waals surface area (Å²) in [4.78, 5) is 6.34. The molecule has 1 fully saturated rings. The van der Waals surface area contributed by atoms with Gasteiger partial charge in [0, 0.05) is 31.9 Å². The molecule has 4 heteroatoms. The van der Waals surface area contributed by atoms with Crippen molar-refractivity contribution in [1.82, 2.24) is 15.2 Å². The highest BCUT2D eigenvalue weighted by atomic mass is 19.1. The molecule has 2 rings (SSSR count). The molecule has 1 aromatic rings. The molecule has 1 saturated heterocycles. The Balaban J connectivity index is 1.96. The number of nitrogens with zero attached hydrogens (tertiary/aromatic N) is 2. The van der Waals surface area contributed by atoms with Gasteiger partial charge in [0.05, 0.1) is 6.20 Å². The zero-order valence-electron chi connectivity index (χ0n) is 11.9. The van der Waals surface area contributed by atoms with Crippen LogP contribution in [0.1, 0.15) is 32.3 Å². The van der Waals surface area contributed by atoms with Gasteiger partial charge in [0.15, 0.2) is 0 Å². The van der Waals surface area contributed by atoms with Gasteiger partial charge in [-0.15, -0.1) is 0 Å². The van der Waals surface area contributed by atoms with Crippen molar-refractivity contribution in [3.63, 3.8) is 0 Å². The lowest BCUT2D eigenvalue weighted by molar-refractivity contribution is 0.216. The minimum Gasteiger partial charge on any atom is -0.313 e. The van der Waals surface area contributed by atoms with Crippen LogP contribution in [0.15, 0.2) is 18.5 Å². The molecular weight excluding hydrogens is 241 g/mol. The van der Waals surface area contributed by atoms with E-state index in [0.717, 1.165) is 31.7 Å². The topological polar surface area (TPSA) is 28.2 Å². The fourth-order valence-electron chi connectivity index (χ4n) is 2.74. The molecule has 0 radical (unpaired) electrons. The summed E-state index contributed by atoms with van der Waals surface area (Å²) in [5, 5.41) is 3.53. The van der Waals surface area contributed by atoms with Gasteiger partial charge in [-0.3, -0.25) is 9.88 Å². The predicted octanol–water partition coefficient (Wildman–Crippen LogP) is 2.43.